The van der Waals surface area contributed by atoms with Gasteiger partial charge in [0.2, 0.25) is 0 Å². The van der Waals surface area contributed by atoms with E-state index in [0.717, 1.165) is 52.2 Å². The number of ether oxygens (including phenoxy) is 4. The SMILES string of the molecule is CC(C)(C)OC(=O)NC(C(=O)OCc1ccccc1)c1ccc(B2OC3C[C@@H]4C[C@@H](C4(C)C)[C@]3(C)O2)cc1.CC(C)(C)OC(=O)NC(C(=O)OCc1ccccc1)c1ccc(Br)cc1.CC1(C)C2CC3OB(B4OC5CC6C[C@@H](C6(C)C)[C@]5(C)O4)O[C@@]3(C)[C@H]1C2. The molecule has 9 aliphatic carbocycles. The number of esters is 2. The minimum atomic E-state index is -1.03. The Bertz CT molecular complexity index is 3200. The molecule has 2 N–H and O–H groups in total. The fourth-order valence-corrected chi connectivity index (χ4v) is 16.8. The Morgan fingerprint density at radius 1 is 0.489 bits per heavy atom. The smallest absolute Gasteiger partial charge is 0.459 e. The summed E-state index contributed by atoms with van der Waals surface area (Å²) in [6, 6.07) is 31.3. The van der Waals surface area contributed by atoms with Crippen molar-refractivity contribution in [3.8, 4) is 0 Å². The quantitative estimate of drug-likeness (QED) is 0.0775. The largest absolute Gasteiger partial charge is 0.494 e. The maximum atomic E-state index is 13.1. The molecule has 4 aromatic carbocycles. The van der Waals surface area contributed by atoms with E-state index in [4.69, 9.17) is 46.9 Å². The van der Waals surface area contributed by atoms with Crippen molar-refractivity contribution in [3.05, 3.63) is 136 Å². The number of carbonyl (C=O) groups excluding carboxylic acids is 4. The molecule has 20 heteroatoms. The van der Waals surface area contributed by atoms with Crippen LogP contribution in [0, 0.1) is 51.8 Å². The van der Waals surface area contributed by atoms with Crippen molar-refractivity contribution in [2.24, 2.45) is 51.8 Å². The summed E-state index contributed by atoms with van der Waals surface area (Å²) in [6.07, 6.45) is 6.09. The summed E-state index contributed by atoms with van der Waals surface area (Å²) in [5.41, 5.74) is 2.76. The fourth-order valence-electron chi connectivity index (χ4n) is 16.6. The van der Waals surface area contributed by atoms with Crippen LogP contribution in [0.3, 0.4) is 0 Å². The average Bonchev–Trinajstić information content (AvgIpc) is 1.40. The summed E-state index contributed by atoms with van der Waals surface area (Å²) in [7, 11) is -1.21. The Morgan fingerprint density at radius 3 is 1.19 bits per heavy atom. The average molecular weight is 1300 g/mol. The van der Waals surface area contributed by atoms with Crippen LogP contribution in [-0.4, -0.2) is 91.6 Å². The first-order chi connectivity index (χ1) is 42.2. The Balaban J connectivity index is 0.000000143. The van der Waals surface area contributed by atoms with E-state index in [1.807, 2.05) is 84.9 Å². The minimum absolute atomic E-state index is 0.0819. The minimum Gasteiger partial charge on any atom is -0.459 e. The van der Waals surface area contributed by atoms with Gasteiger partial charge in [-0.1, -0.05) is 155 Å². The highest BCUT2D eigenvalue weighted by Gasteiger charge is 2.74. The lowest BCUT2D eigenvalue weighted by atomic mass is 9.43. The number of halogens is 1. The van der Waals surface area contributed by atoms with Gasteiger partial charge in [-0.15, -0.1) is 0 Å². The van der Waals surface area contributed by atoms with Crippen LogP contribution in [0.4, 0.5) is 9.59 Å². The number of amides is 2. The van der Waals surface area contributed by atoms with Crippen molar-refractivity contribution < 1.29 is 66.1 Å². The van der Waals surface area contributed by atoms with E-state index in [1.165, 1.54) is 19.3 Å². The molecule has 12 aliphatic rings. The summed E-state index contributed by atoms with van der Waals surface area (Å²) in [5.74, 6) is 2.73. The molecule has 6 bridgehead atoms. The van der Waals surface area contributed by atoms with Crippen molar-refractivity contribution in [2.45, 2.75) is 214 Å². The van der Waals surface area contributed by atoms with Gasteiger partial charge in [0.25, 0.3) is 0 Å². The molecular formula is C70H92B3BrN2O14. The standard InChI is InChI=1S/C30H38BNO6.C20H32B2O4.C20H22BrNO4/c1-28(2,3)36-27(34)32-25(26(33)35-18-19-10-8-7-9-11-19)20-12-14-22(15-13-20)31-37-24-17-21-16-23(29(21,4)5)30(24,6)38-31;1-17(2)11-7-13(17)19(5)15(9-11)23-21(25-19)22-24-16-10-12-8-14(18(12,3)4)20(16,6)26-22;1-20(2,3)26-19(24)22-17(15-9-11-16(21)12-10-15)18(23)25-13-14-7-5-4-6-8-14/h7-15,21,23-25H,16-18H2,1-6H3,(H,32,34);11-16H,7-10H2,1-6H3;4-12,17H,13H2,1-3H3,(H,22,24)/t21-,23-,24?,25?,30-;11?,12?,13-,14-,15?,16?,19-,20-;/m00./s1. The number of benzene rings is 4. The molecule has 2 amide bonds. The van der Waals surface area contributed by atoms with Crippen molar-refractivity contribution in [1.29, 1.82) is 0 Å². The van der Waals surface area contributed by atoms with E-state index in [-0.39, 0.29) is 67.8 Å². The van der Waals surface area contributed by atoms with E-state index in [1.54, 1.807) is 65.8 Å². The molecule has 12 fully saturated rings. The number of nitrogens with one attached hydrogen (secondary N) is 2. The second-order valence-electron chi connectivity index (χ2n) is 31.0. The monoisotopic (exact) mass is 1300 g/mol. The third kappa shape index (κ3) is 13.1. The van der Waals surface area contributed by atoms with Gasteiger partial charge in [0.1, 0.15) is 24.4 Å². The molecule has 3 saturated heterocycles. The predicted octanol–water partition coefficient (Wildman–Crippen LogP) is 13.2. The van der Waals surface area contributed by atoms with Crippen LogP contribution >= 0.6 is 15.9 Å². The highest BCUT2D eigenvalue weighted by molar-refractivity contribution is 9.10. The van der Waals surface area contributed by atoms with Crippen LogP contribution in [-0.2, 0) is 69.7 Å². The van der Waals surface area contributed by atoms with Gasteiger partial charge >= 0.3 is 45.3 Å². The first-order valence-electron chi connectivity index (χ1n) is 32.4. The van der Waals surface area contributed by atoms with E-state index >= 15 is 0 Å². The first kappa shape index (κ1) is 66.3. The van der Waals surface area contributed by atoms with Gasteiger partial charge in [0.05, 0.1) is 35.1 Å². The molecule has 90 heavy (non-hydrogen) atoms. The van der Waals surface area contributed by atoms with Crippen molar-refractivity contribution in [3.63, 3.8) is 0 Å². The molecule has 16 nitrogen and oxygen atoms in total. The fraction of sp³-hybridized carbons (Fsp3) is 0.600. The van der Waals surface area contributed by atoms with E-state index in [0.29, 0.717) is 45.6 Å². The van der Waals surface area contributed by atoms with Crippen LogP contribution in [0.1, 0.15) is 177 Å². The Kier molecular flexibility index (Phi) is 18.1. The maximum Gasteiger partial charge on any atom is 0.494 e. The maximum absolute atomic E-state index is 13.1. The molecule has 3 aliphatic heterocycles. The Labute approximate surface area is 542 Å². The summed E-state index contributed by atoms with van der Waals surface area (Å²) in [4.78, 5) is 50.5. The molecule has 0 spiro atoms. The zero-order chi connectivity index (χ0) is 64.7. The van der Waals surface area contributed by atoms with Gasteiger partial charge in [-0.2, -0.15) is 0 Å². The van der Waals surface area contributed by atoms with Gasteiger partial charge in [0.15, 0.2) is 12.1 Å². The number of rotatable bonds is 12. The molecule has 0 radical (unpaired) electrons. The third-order valence-electron chi connectivity index (χ3n) is 22.1. The van der Waals surface area contributed by atoms with E-state index < -0.39 is 54.5 Å². The second kappa shape index (κ2) is 24.6. The number of hydrogen-bond donors (Lipinski definition) is 2. The number of hydrogen-bond acceptors (Lipinski definition) is 14. The highest BCUT2D eigenvalue weighted by atomic mass is 79.9. The molecule has 4 aromatic rings. The summed E-state index contributed by atoms with van der Waals surface area (Å²) >= 11 is 3.36. The van der Waals surface area contributed by atoms with Crippen LogP contribution in [0.25, 0.3) is 0 Å². The predicted molar refractivity (Wildman–Crippen MR) is 347 cm³/mol. The lowest BCUT2D eigenvalue weighted by molar-refractivity contribution is -0.200. The van der Waals surface area contributed by atoms with Crippen molar-refractivity contribution in [2.75, 3.05) is 0 Å². The third-order valence-corrected chi connectivity index (χ3v) is 22.6. The van der Waals surface area contributed by atoms with E-state index in [2.05, 4.69) is 88.9 Å². The zero-order valence-electron chi connectivity index (χ0n) is 55.2. The molecule has 9 saturated carbocycles. The highest BCUT2D eigenvalue weighted by Crippen LogP contribution is 2.69. The number of alkyl carbamates (subject to hydrolysis) is 2. The normalized spacial score (nSPS) is 32.1. The lowest BCUT2D eigenvalue weighted by Crippen LogP contribution is -2.65. The van der Waals surface area contributed by atoms with Crippen LogP contribution in [0.5, 0.6) is 0 Å². The van der Waals surface area contributed by atoms with Crippen molar-refractivity contribution in [1.82, 2.24) is 10.6 Å². The van der Waals surface area contributed by atoms with Gasteiger partial charge in [-0.05, 0) is 192 Å². The molecule has 7 unspecified atom stereocenters. The number of carbonyl (C=O) groups is 4. The molecule has 0 aromatic heterocycles. The summed E-state index contributed by atoms with van der Waals surface area (Å²) < 4.78 is 61.5. The van der Waals surface area contributed by atoms with Crippen molar-refractivity contribution >= 4 is 66.7 Å². The molecular weight excluding hydrogens is 1210 g/mol. The zero-order valence-corrected chi connectivity index (χ0v) is 56.8. The molecule has 482 valence electrons. The Hall–Kier alpha value is -5.21. The van der Waals surface area contributed by atoms with Gasteiger partial charge in [0, 0.05) is 4.47 Å². The van der Waals surface area contributed by atoms with Gasteiger partial charge < -0.3 is 57.5 Å². The molecule has 14 atom stereocenters. The van der Waals surface area contributed by atoms with Crippen LogP contribution in [0.2, 0.25) is 0 Å². The second-order valence-corrected chi connectivity index (χ2v) is 32.0. The molecule has 16 rings (SSSR count). The Morgan fingerprint density at radius 2 is 0.833 bits per heavy atom. The summed E-state index contributed by atoms with van der Waals surface area (Å²) in [6.45, 7) is 31.8. The van der Waals surface area contributed by atoms with Gasteiger partial charge in [-0.3, -0.25) is 0 Å². The van der Waals surface area contributed by atoms with Crippen LogP contribution in [0.15, 0.2) is 114 Å². The van der Waals surface area contributed by atoms with Crippen LogP contribution < -0.4 is 16.1 Å². The molecule has 3 heterocycles. The first-order valence-corrected chi connectivity index (χ1v) is 33.2. The van der Waals surface area contributed by atoms with E-state index in [9.17, 15) is 19.2 Å². The topological polar surface area (TPSA) is 185 Å². The summed E-state index contributed by atoms with van der Waals surface area (Å²) in [5, 5.41) is 5.28. The lowest BCUT2D eigenvalue weighted by Gasteiger charge is -2.64. The van der Waals surface area contributed by atoms with Gasteiger partial charge in [-0.25, -0.2) is 19.2 Å².